The van der Waals surface area contributed by atoms with Gasteiger partial charge >= 0.3 is 0 Å². The van der Waals surface area contributed by atoms with Crippen LogP contribution < -0.4 is 15.5 Å². The molecule has 3 rings (SSSR count). The average molecular weight is 380 g/mol. The van der Waals surface area contributed by atoms with E-state index in [-0.39, 0.29) is 24.0 Å². The number of hydrogen-bond acceptors (Lipinski definition) is 5. The first-order chi connectivity index (χ1) is 12.4. The summed E-state index contributed by atoms with van der Waals surface area (Å²) in [5.74, 6) is 0.000686. The first-order valence-corrected chi connectivity index (χ1v) is 11.3. The molecule has 1 amide bonds. The molecule has 144 valence electrons. The van der Waals surface area contributed by atoms with Crippen LogP contribution in [-0.4, -0.2) is 51.0 Å². The van der Waals surface area contributed by atoms with Gasteiger partial charge in [0.25, 0.3) is 0 Å². The summed E-state index contributed by atoms with van der Waals surface area (Å²) in [5.41, 5.74) is 1.44. The van der Waals surface area contributed by atoms with Gasteiger partial charge in [0.2, 0.25) is 5.91 Å². The van der Waals surface area contributed by atoms with Gasteiger partial charge < -0.3 is 15.5 Å². The molecule has 2 fully saturated rings. The highest BCUT2D eigenvalue weighted by atomic mass is 32.2. The second-order valence-corrected chi connectivity index (χ2v) is 9.91. The first-order valence-electron chi connectivity index (χ1n) is 9.46. The van der Waals surface area contributed by atoms with Gasteiger partial charge in [-0.15, -0.1) is 0 Å². The fourth-order valence-corrected chi connectivity index (χ4v) is 5.97. The van der Waals surface area contributed by atoms with Crippen molar-refractivity contribution in [3.63, 3.8) is 0 Å². The Bertz CT molecular complexity index is 742. The Hall–Kier alpha value is -1.76. The molecule has 6 nitrogen and oxygen atoms in total. The number of amides is 1. The fourth-order valence-electron chi connectivity index (χ4n) is 3.88. The zero-order chi connectivity index (χ0) is 18.6. The van der Waals surface area contributed by atoms with Crippen molar-refractivity contribution < 1.29 is 13.2 Å². The van der Waals surface area contributed by atoms with Gasteiger partial charge in [0.1, 0.15) is 0 Å². The van der Waals surface area contributed by atoms with Crippen LogP contribution in [0.1, 0.15) is 39.0 Å². The molecule has 0 bridgehead atoms. The molecule has 0 aliphatic carbocycles. The van der Waals surface area contributed by atoms with Crippen LogP contribution in [-0.2, 0) is 14.6 Å². The maximum Gasteiger partial charge on any atom is 0.239 e. The van der Waals surface area contributed by atoms with E-state index in [0.717, 1.165) is 24.5 Å². The minimum atomic E-state index is -3.03. The SMILES string of the molecule is C[C@]1(NC(=O)CNc2ccccc2N2CCCCCC2)CCS(=O)(=O)C1. The van der Waals surface area contributed by atoms with Crippen molar-refractivity contribution in [1.82, 2.24) is 5.32 Å². The van der Waals surface area contributed by atoms with E-state index in [2.05, 4.69) is 21.6 Å². The standard InChI is InChI=1S/C19H29N3O3S/c1-19(10-13-26(24,25)15-19)21-18(23)14-20-16-8-4-5-9-17(16)22-11-6-2-3-7-12-22/h4-5,8-9,20H,2-3,6-7,10-15H2,1H3,(H,21,23)/t19-/m0/s1. The maximum atomic E-state index is 12.3. The number of nitrogens with zero attached hydrogens (tertiary/aromatic N) is 1. The second kappa shape index (κ2) is 7.86. The lowest BCUT2D eigenvalue weighted by Crippen LogP contribution is -2.48. The van der Waals surface area contributed by atoms with E-state index in [9.17, 15) is 13.2 Å². The van der Waals surface area contributed by atoms with Crippen molar-refractivity contribution in [2.45, 2.75) is 44.6 Å². The van der Waals surface area contributed by atoms with E-state index in [1.165, 1.54) is 25.7 Å². The van der Waals surface area contributed by atoms with E-state index in [1.54, 1.807) is 6.92 Å². The third kappa shape index (κ3) is 4.90. The van der Waals surface area contributed by atoms with Crippen molar-refractivity contribution in [2.75, 3.05) is 41.4 Å². The third-order valence-corrected chi connectivity index (χ3v) is 7.14. The number of nitrogens with one attached hydrogen (secondary N) is 2. The van der Waals surface area contributed by atoms with Crippen LogP contribution in [0.5, 0.6) is 0 Å². The van der Waals surface area contributed by atoms with E-state index < -0.39 is 15.4 Å². The molecule has 2 N–H and O–H groups in total. The van der Waals surface area contributed by atoms with Gasteiger partial charge in [0.15, 0.2) is 9.84 Å². The molecule has 0 radical (unpaired) electrons. The van der Waals surface area contributed by atoms with Gasteiger partial charge in [0, 0.05) is 13.1 Å². The summed E-state index contributed by atoms with van der Waals surface area (Å²) in [6.07, 6.45) is 5.42. The van der Waals surface area contributed by atoms with Crippen LogP contribution in [0.2, 0.25) is 0 Å². The van der Waals surface area contributed by atoms with Crippen LogP contribution in [0, 0.1) is 0 Å². The monoisotopic (exact) mass is 379 g/mol. The normalized spacial score (nSPS) is 25.5. The topological polar surface area (TPSA) is 78.5 Å². The molecular weight excluding hydrogens is 350 g/mol. The molecule has 1 aromatic carbocycles. The summed E-state index contributed by atoms with van der Waals surface area (Å²) in [7, 11) is -3.03. The minimum Gasteiger partial charge on any atom is -0.374 e. The Labute approximate surface area is 156 Å². The fraction of sp³-hybridized carbons (Fsp3) is 0.632. The first kappa shape index (κ1) is 19.0. The number of benzene rings is 1. The lowest BCUT2D eigenvalue weighted by molar-refractivity contribution is -0.120. The van der Waals surface area contributed by atoms with Crippen LogP contribution in [0.15, 0.2) is 24.3 Å². The predicted octanol–water partition coefficient (Wildman–Crippen LogP) is 2.17. The van der Waals surface area contributed by atoms with Crippen LogP contribution in [0.25, 0.3) is 0 Å². The molecule has 0 aromatic heterocycles. The van der Waals surface area contributed by atoms with Crippen molar-refractivity contribution >= 4 is 27.1 Å². The number of anilines is 2. The van der Waals surface area contributed by atoms with Gasteiger partial charge in [-0.1, -0.05) is 25.0 Å². The Morgan fingerprint density at radius 3 is 2.50 bits per heavy atom. The molecule has 0 unspecified atom stereocenters. The van der Waals surface area contributed by atoms with Crippen LogP contribution in [0.3, 0.4) is 0 Å². The molecule has 2 aliphatic rings. The number of carbonyl (C=O) groups is 1. The van der Waals surface area contributed by atoms with E-state index in [0.29, 0.717) is 6.42 Å². The zero-order valence-electron chi connectivity index (χ0n) is 15.5. The Morgan fingerprint density at radius 2 is 1.85 bits per heavy atom. The molecule has 0 saturated carbocycles. The Balaban J connectivity index is 1.60. The van der Waals surface area contributed by atoms with Crippen molar-refractivity contribution in [2.24, 2.45) is 0 Å². The van der Waals surface area contributed by atoms with Crippen molar-refractivity contribution in [3.05, 3.63) is 24.3 Å². The Morgan fingerprint density at radius 1 is 1.15 bits per heavy atom. The molecule has 2 saturated heterocycles. The second-order valence-electron chi connectivity index (χ2n) is 7.72. The number of para-hydroxylation sites is 2. The van der Waals surface area contributed by atoms with Crippen LogP contribution >= 0.6 is 0 Å². The minimum absolute atomic E-state index is 0.0239. The summed E-state index contributed by atoms with van der Waals surface area (Å²) in [4.78, 5) is 14.7. The molecule has 1 aromatic rings. The van der Waals surface area contributed by atoms with Gasteiger partial charge in [0.05, 0.1) is 35.0 Å². The molecule has 26 heavy (non-hydrogen) atoms. The summed E-state index contributed by atoms with van der Waals surface area (Å²) >= 11 is 0. The third-order valence-electron chi connectivity index (χ3n) is 5.23. The average Bonchev–Trinajstić information content (AvgIpc) is 2.79. The highest BCUT2D eigenvalue weighted by Crippen LogP contribution is 2.28. The quantitative estimate of drug-likeness (QED) is 0.820. The lowest BCUT2D eigenvalue weighted by Gasteiger charge is -2.27. The summed E-state index contributed by atoms with van der Waals surface area (Å²) in [5, 5.41) is 6.14. The molecule has 7 heteroatoms. The van der Waals surface area contributed by atoms with E-state index >= 15 is 0 Å². The predicted molar refractivity (Wildman–Crippen MR) is 105 cm³/mol. The number of sulfone groups is 1. The summed E-state index contributed by atoms with van der Waals surface area (Å²) in [6, 6.07) is 8.08. The molecular formula is C19H29N3O3S. The Kier molecular flexibility index (Phi) is 5.75. The number of hydrogen-bond donors (Lipinski definition) is 2. The van der Waals surface area contributed by atoms with E-state index in [4.69, 9.17) is 0 Å². The van der Waals surface area contributed by atoms with Crippen molar-refractivity contribution in [1.29, 1.82) is 0 Å². The largest absolute Gasteiger partial charge is 0.374 e. The zero-order valence-corrected chi connectivity index (χ0v) is 16.3. The molecule has 2 heterocycles. The van der Waals surface area contributed by atoms with Gasteiger partial charge in [-0.3, -0.25) is 4.79 Å². The summed E-state index contributed by atoms with van der Waals surface area (Å²) in [6.45, 7) is 4.03. The number of carbonyl (C=O) groups excluding carboxylic acids is 1. The molecule has 0 spiro atoms. The highest BCUT2D eigenvalue weighted by molar-refractivity contribution is 7.91. The number of rotatable bonds is 5. The molecule has 2 aliphatic heterocycles. The lowest BCUT2D eigenvalue weighted by atomic mass is 10.0. The van der Waals surface area contributed by atoms with Gasteiger partial charge in [-0.05, 0) is 38.3 Å². The van der Waals surface area contributed by atoms with E-state index in [1.807, 2.05) is 18.2 Å². The summed E-state index contributed by atoms with van der Waals surface area (Å²) < 4.78 is 23.4. The smallest absolute Gasteiger partial charge is 0.239 e. The van der Waals surface area contributed by atoms with Crippen molar-refractivity contribution in [3.8, 4) is 0 Å². The highest BCUT2D eigenvalue weighted by Gasteiger charge is 2.39. The van der Waals surface area contributed by atoms with Crippen LogP contribution in [0.4, 0.5) is 11.4 Å². The van der Waals surface area contributed by atoms with Gasteiger partial charge in [-0.2, -0.15) is 0 Å². The maximum absolute atomic E-state index is 12.3. The molecule has 1 atom stereocenters. The van der Waals surface area contributed by atoms with Gasteiger partial charge in [-0.25, -0.2) is 8.42 Å².